The van der Waals surface area contributed by atoms with Crippen LogP contribution in [0.1, 0.15) is 44.6 Å². The summed E-state index contributed by atoms with van der Waals surface area (Å²) >= 11 is 6.61. The minimum absolute atomic E-state index is 0.153. The van der Waals surface area contributed by atoms with E-state index in [9.17, 15) is 19.2 Å². The maximum atomic E-state index is 13.7. The fourth-order valence-corrected chi connectivity index (χ4v) is 5.66. The number of unbranched alkanes of at least 4 members (excludes halogenated alkanes) is 3. The zero-order valence-electron chi connectivity index (χ0n) is 20.8. The third-order valence-corrected chi connectivity index (χ3v) is 7.70. The molecule has 0 aliphatic carbocycles. The summed E-state index contributed by atoms with van der Waals surface area (Å²) in [4.78, 5) is 60.0. The van der Waals surface area contributed by atoms with Crippen LogP contribution < -0.4 is 15.8 Å². The van der Waals surface area contributed by atoms with Crippen LogP contribution in [0.25, 0.3) is 11.7 Å². The SMILES string of the molecule is CCCCCCN1C(=O)/C(=C/c2c(N3CCNC(=O)[C@H]3CC(=O)OC)nc3ccccn3c2=O)SC1=S. The van der Waals surface area contributed by atoms with E-state index in [0.717, 1.165) is 37.4 Å². The summed E-state index contributed by atoms with van der Waals surface area (Å²) in [5, 5.41) is 2.76. The number of fused-ring (bicyclic) bond motifs is 1. The Bertz CT molecular complexity index is 1320. The number of hydrogen-bond acceptors (Lipinski definition) is 9. The van der Waals surface area contributed by atoms with Gasteiger partial charge in [-0.05, 0) is 24.6 Å². The maximum absolute atomic E-state index is 13.7. The van der Waals surface area contributed by atoms with E-state index >= 15 is 0 Å². The predicted molar refractivity (Wildman–Crippen MR) is 146 cm³/mol. The van der Waals surface area contributed by atoms with Crippen LogP contribution in [0.5, 0.6) is 0 Å². The number of piperazine rings is 1. The van der Waals surface area contributed by atoms with Gasteiger partial charge < -0.3 is 15.0 Å². The number of carbonyl (C=O) groups excluding carboxylic acids is 3. The molecule has 0 spiro atoms. The number of thioether (sulfide) groups is 1. The van der Waals surface area contributed by atoms with Crippen molar-refractivity contribution in [1.82, 2.24) is 19.6 Å². The number of pyridine rings is 1. The molecule has 37 heavy (non-hydrogen) atoms. The highest BCUT2D eigenvalue weighted by Crippen LogP contribution is 2.34. The molecule has 1 N–H and O–H groups in total. The van der Waals surface area contributed by atoms with Gasteiger partial charge in [0.1, 0.15) is 21.8 Å². The Balaban J connectivity index is 1.78. The highest BCUT2D eigenvalue weighted by atomic mass is 32.2. The van der Waals surface area contributed by atoms with Crippen molar-refractivity contribution in [2.24, 2.45) is 0 Å². The molecule has 0 bridgehead atoms. The first-order chi connectivity index (χ1) is 17.8. The van der Waals surface area contributed by atoms with Crippen LogP contribution in [0.15, 0.2) is 34.1 Å². The lowest BCUT2D eigenvalue weighted by molar-refractivity contribution is -0.143. The van der Waals surface area contributed by atoms with Crippen molar-refractivity contribution in [3.63, 3.8) is 0 Å². The van der Waals surface area contributed by atoms with Crippen molar-refractivity contribution in [3.8, 4) is 0 Å². The van der Waals surface area contributed by atoms with E-state index < -0.39 is 17.6 Å². The summed E-state index contributed by atoms with van der Waals surface area (Å²) in [6.45, 7) is 3.28. The van der Waals surface area contributed by atoms with Crippen molar-refractivity contribution in [3.05, 3.63) is 45.2 Å². The van der Waals surface area contributed by atoms with Crippen LogP contribution >= 0.6 is 24.0 Å². The molecule has 0 unspecified atom stereocenters. The quantitative estimate of drug-likeness (QED) is 0.220. The molecule has 0 saturated carbocycles. The second kappa shape index (κ2) is 11.9. The van der Waals surface area contributed by atoms with Crippen LogP contribution in [-0.4, -0.2) is 69.2 Å². The van der Waals surface area contributed by atoms with Crippen molar-refractivity contribution in [2.75, 3.05) is 31.6 Å². The second-order valence-corrected chi connectivity index (χ2v) is 10.4. The Labute approximate surface area is 224 Å². The molecule has 2 fully saturated rings. The second-order valence-electron chi connectivity index (χ2n) is 8.76. The van der Waals surface area contributed by atoms with E-state index in [2.05, 4.69) is 12.2 Å². The minimum atomic E-state index is -0.917. The van der Waals surface area contributed by atoms with Gasteiger partial charge >= 0.3 is 5.97 Å². The normalized spacial score (nSPS) is 19.1. The molecule has 0 aromatic carbocycles. The van der Waals surface area contributed by atoms with Crippen LogP contribution in [0.4, 0.5) is 5.82 Å². The number of anilines is 1. The number of thiocarbonyl (C=S) groups is 1. The highest BCUT2D eigenvalue weighted by molar-refractivity contribution is 8.26. The molecule has 2 aromatic heterocycles. The molecular weight excluding hydrogens is 514 g/mol. The zero-order chi connectivity index (χ0) is 26.5. The van der Waals surface area contributed by atoms with Crippen molar-refractivity contribution in [2.45, 2.75) is 45.1 Å². The molecule has 2 aliphatic heterocycles. The number of nitrogens with zero attached hydrogens (tertiary/aromatic N) is 4. The monoisotopic (exact) mass is 543 g/mol. The van der Waals surface area contributed by atoms with E-state index in [1.54, 1.807) is 34.2 Å². The van der Waals surface area contributed by atoms with Gasteiger partial charge in [0, 0.05) is 25.8 Å². The van der Waals surface area contributed by atoms with E-state index in [-0.39, 0.29) is 29.6 Å². The first-order valence-electron chi connectivity index (χ1n) is 12.2. The number of hydrogen-bond donors (Lipinski definition) is 1. The number of rotatable bonds is 9. The Morgan fingerprint density at radius 1 is 1.27 bits per heavy atom. The van der Waals surface area contributed by atoms with E-state index in [1.165, 1.54) is 17.6 Å². The number of amides is 2. The lowest BCUT2D eigenvalue weighted by atomic mass is 10.1. The van der Waals surface area contributed by atoms with Gasteiger partial charge in [-0.3, -0.25) is 28.5 Å². The standard InChI is InChI=1S/C25H29N5O5S2/c1-3-4-5-7-12-30-24(34)18(37-25(30)36)14-16-21(27-19-9-6-8-11-29(19)23(16)33)28-13-10-26-22(32)17(28)15-20(31)35-2/h6,8-9,11,14,17H,3-5,7,10,12-13,15H2,1-2H3,(H,26,32)/b18-14-/t17-/m1/s1. The highest BCUT2D eigenvalue weighted by Gasteiger charge is 2.36. The predicted octanol–water partition coefficient (Wildman–Crippen LogP) is 2.34. The molecular formula is C25H29N5O5S2. The third-order valence-electron chi connectivity index (χ3n) is 6.32. The topological polar surface area (TPSA) is 113 Å². The van der Waals surface area contributed by atoms with Crippen LogP contribution in [-0.2, 0) is 19.1 Å². The van der Waals surface area contributed by atoms with Gasteiger partial charge in [-0.15, -0.1) is 0 Å². The van der Waals surface area contributed by atoms with Gasteiger partial charge in [0.25, 0.3) is 11.5 Å². The molecule has 196 valence electrons. The first-order valence-corrected chi connectivity index (χ1v) is 13.5. The lowest BCUT2D eigenvalue weighted by Gasteiger charge is -2.36. The maximum Gasteiger partial charge on any atom is 0.308 e. The molecule has 4 rings (SSSR count). The van der Waals surface area contributed by atoms with Crippen LogP contribution in [0.3, 0.4) is 0 Å². The summed E-state index contributed by atoms with van der Waals surface area (Å²) < 4.78 is 6.63. The molecule has 2 aromatic rings. The summed E-state index contributed by atoms with van der Waals surface area (Å²) in [6.07, 6.45) is 6.92. The van der Waals surface area contributed by atoms with E-state index in [1.807, 2.05) is 0 Å². The van der Waals surface area contributed by atoms with Crippen LogP contribution in [0, 0.1) is 0 Å². The molecule has 2 aliphatic rings. The van der Waals surface area contributed by atoms with Gasteiger partial charge in [0.2, 0.25) is 5.91 Å². The van der Waals surface area contributed by atoms with Crippen LogP contribution in [0.2, 0.25) is 0 Å². The minimum Gasteiger partial charge on any atom is -0.469 e. The molecule has 12 heteroatoms. The number of ether oxygens (including phenoxy) is 1. The molecule has 2 saturated heterocycles. The summed E-state index contributed by atoms with van der Waals surface area (Å²) in [7, 11) is 1.25. The van der Waals surface area contributed by atoms with Gasteiger partial charge in [-0.1, -0.05) is 56.2 Å². The summed E-state index contributed by atoms with van der Waals surface area (Å²) in [6, 6.07) is 4.23. The first kappa shape index (κ1) is 26.8. The Morgan fingerprint density at radius 2 is 2.08 bits per heavy atom. The fourth-order valence-electron chi connectivity index (χ4n) is 4.37. The van der Waals surface area contributed by atoms with Gasteiger partial charge in [0.05, 0.1) is 24.0 Å². The average molecular weight is 544 g/mol. The third kappa shape index (κ3) is 5.69. The smallest absolute Gasteiger partial charge is 0.308 e. The number of methoxy groups -OCH3 is 1. The summed E-state index contributed by atoms with van der Waals surface area (Å²) in [5.41, 5.74) is 0.141. The van der Waals surface area contributed by atoms with Crippen molar-refractivity contribution in [1.29, 1.82) is 0 Å². The molecule has 2 amide bonds. The average Bonchev–Trinajstić information content (AvgIpc) is 3.16. The van der Waals surface area contributed by atoms with Gasteiger partial charge in [0.15, 0.2) is 0 Å². The van der Waals surface area contributed by atoms with E-state index in [4.69, 9.17) is 21.9 Å². The molecule has 1 atom stereocenters. The number of nitrogens with one attached hydrogen (secondary N) is 1. The Morgan fingerprint density at radius 3 is 2.84 bits per heavy atom. The van der Waals surface area contributed by atoms with E-state index in [0.29, 0.717) is 34.5 Å². The largest absolute Gasteiger partial charge is 0.469 e. The van der Waals surface area contributed by atoms with Crippen molar-refractivity contribution < 1.29 is 19.1 Å². The Kier molecular flexibility index (Phi) is 8.59. The Hall–Kier alpha value is -3.25. The number of esters is 1. The van der Waals surface area contributed by atoms with Gasteiger partial charge in [-0.2, -0.15) is 0 Å². The molecule has 10 nitrogen and oxygen atoms in total. The van der Waals surface area contributed by atoms with Gasteiger partial charge in [-0.25, -0.2) is 4.98 Å². The molecule has 4 heterocycles. The lowest BCUT2D eigenvalue weighted by Crippen LogP contribution is -2.57. The van der Waals surface area contributed by atoms with Crippen molar-refractivity contribution >= 4 is 63.6 Å². The number of carbonyl (C=O) groups is 3. The fraction of sp³-hybridized carbons (Fsp3) is 0.440. The number of aromatic nitrogens is 2. The molecule has 0 radical (unpaired) electrons. The zero-order valence-corrected chi connectivity index (χ0v) is 22.4. The summed E-state index contributed by atoms with van der Waals surface area (Å²) in [5.74, 6) is -0.947.